The minimum Gasteiger partial charge on any atom is -0.550 e. The van der Waals surface area contributed by atoms with Crippen LogP contribution in [0, 0.1) is 5.92 Å². The lowest BCUT2D eigenvalue weighted by molar-refractivity contribution is -0.310. The Bertz CT molecular complexity index is 140. The molecule has 0 saturated carbocycles. The van der Waals surface area contributed by atoms with E-state index < -0.39 is 11.9 Å². The van der Waals surface area contributed by atoms with Crippen LogP contribution in [0.3, 0.4) is 0 Å². The Balaban J connectivity index is 0. The van der Waals surface area contributed by atoms with Gasteiger partial charge in [0.2, 0.25) is 0 Å². The van der Waals surface area contributed by atoms with Crippen LogP contribution in [-0.2, 0) is 9.59 Å². The van der Waals surface area contributed by atoms with Gasteiger partial charge in [-0.05, 0) is 12.3 Å². The van der Waals surface area contributed by atoms with Crippen molar-refractivity contribution in [1.29, 1.82) is 0 Å². The van der Waals surface area contributed by atoms with E-state index in [1.165, 1.54) is 0 Å². The molecule has 0 amide bonds. The zero-order valence-electron chi connectivity index (χ0n) is 7.62. The number of hydrogen-bond donors (Lipinski definition) is 0. The van der Waals surface area contributed by atoms with E-state index >= 15 is 0 Å². The van der Waals surface area contributed by atoms with Gasteiger partial charge in [-0.1, -0.05) is 27.2 Å². The lowest BCUT2D eigenvalue weighted by Gasteiger charge is -2.01. The van der Waals surface area contributed by atoms with Gasteiger partial charge in [0.15, 0.2) is 0 Å². The summed E-state index contributed by atoms with van der Waals surface area (Å²) in [6.45, 7) is 4.96. The van der Waals surface area contributed by atoms with E-state index in [-0.39, 0.29) is 12.3 Å². The summed E-state index contributed by atoms with van der Waals surface area (Å²) >= 11 is 0. The Morgan fingerprint density at radius 2 is 1.58 bits per heavy atom. The molecular weight excluding hydrogens is 160 g/mol. The van der Waals surface area contributed by atoms with Crippen molar-refractivity contribution in [1.82, 2.24) is 0 Å². The van der Waals surface area contributed by atoms with Gasteiger partial charge >= 0.3 is 0 Å². The first kappa shape index (κ1) is 13.5. The normalized spacial score (nSPS) is 8.67. The minimum atomic E-state index is -0.991. The van der Waals surface area contributed by atoms with E-state index in [1.54, 1.807) is 20.8 Å². The van der Waals surface area contributed by atoms with Gasteiger partial charge in [0.05, 0.1) is 0 Å². The van der Waals surface area contributed by atoms with Crippen molar-refractivity contribution in [2.75, 3.05) is 0 Å². The third kappa shape index (κ3) is 16.0. The summed E-state index contributed by atoms with van der Waals surface area (Å²) in [5.41, 5.74) is 0. The zero-order chi connectivity index (χ0) is 10.1. The predicted molar refractivity (Wildman–Crippen MR) is 39.8 cm³/mol. The summed E-state index contributed by atoms with van der Waals surface area (Å²) in [6, 6.07) is 0. The molecule has 12 heavy (non-hydrogen) atoms. The van der Waals surface area contributed by atoms with Crippen molar-refractivity contribution in [3.05, 3.63) is 0 Å². The van der Waals surface area contributed by atoms with Gasteiger partial charge in [0.25, 0.3) is 0 Å². The lowest BCUT2D eigenvalue weighted by atomic mass is 10.2. The summed E-state index contributed by atoms with van der Waals surface area (Å²) in [6.07, 6.45) is 0.850. The number of rotatable bonds is 3. The van der Waals surface area contributed by atoms with E-state index in [4.69, 9.17) is 0 Å². The van der Waals surface area contributed by atoms with E-state index in [2.05, 4.69) is 0 Å². The fourth-order valence-corrected chi connectivity index (χ4v) is 0.204. The topological polar surface area (TPSA) is 80.3 Å². The molecule has 72 valence electrons. The van der Waals surface area contributed by atoms with Gasteiger partial charge in [-0.2, -0.15) is 0 Å². The van der Waals surface area contributed by atoms with Crippen molar-refractivity contribution >= 4 is 11.9 Å². The van der Waals surface area contributed by atoms with Crippen LogP contribution in [0.5, 0.6) is 0 Å². The fraction of sp³-hybridized carbons (Fsp3) is 0.750. The molecule has 0 unspecified atom stereocenters. The van der Waals surface area contributed by atoms with Crippen LogP contribution in [-0.4, -0.2) is 11.9 Å². The molecule has 0 rings (SSSR count). The molecular formula is C8H14O4-2. The van der Waals surface area contributed by atoms with Crippen LogP contribution >= 0.6 is 0 Å². The van der Waals surface area contributed by atoms with Crippen molar-refractivity contribution < 1.29 is 19.8 Å². The average molecular weight is 174 g/mol. The maximum Gasteiger partial charge on any atom is 0.0439 e. The maximum atomic E-state index is 9.59. The summed E-state index contributed by atoms with van der Waals surface area (Å²) in [5.74, 6) is -2.29. The SMILES string of the molecule is CC(C)C(=O)[O-].CCCC(=O)[O-]. The van der Waals surface area contributed by atoms with Gasteiger partial charge in [-0.3, -0.25) is 0 Å². The largest absolute Gasteiger partial charge is 0.550 e. The number of carbonyl (C=O) groups is 2. The molecule has 0 fully saturated rings. The summed E-state index contributed by atoms with van der Waals surface area (Å²) in [7, 11) is 0. The van der Waals surface area contributed by atoms with Crippen molar-refractivity contribution in [3.63, 3.8) is 0 Å². The van der Waals surface area contributed by atoms with Crippen molar-refractivity contribution in [2.24, 2.45) is 5.92 Å². The van der Waals surface area contributed by atoms with Gasteiger partial charge in [-0.25, -0.2) is 0 Å². The smallest absolute Gasteiger partial charge is 0.0439 e. The quantitative estimate of drug-likeness (QED) is 0.545. The first-order valence-corrected chi connectivity index (χ1v) is 3.82. The van der Waals surface area contributed by atoms with Crippen LogP contribution < -0.4 is 10.2 Å². The predicted octanol–water partition coefficient (Wildman–Crippen LogP) is -1.07. The second-order valence-electron chi connectivity index (χ2n) is 2.60. The van der Waals surface area contributed by atoms with Crippen LogP contribution in [0.25, 0.3) is 0 Å². The monoisotopic (exact) mass is 174 g/mol. The Hall–Kier alpha value is -1.06. The second kappa shape index (κ2) is 8.04. The van der Waals surface area contributed by atoms with Crippen LogP contribution in [0.1, 0.15) is 33.6 Å². The van der Waals surface area contributed by atoms with E-state index in [9.17, 15) is 19.8 Å². The lowest BCUT2D eigenvalue weighted by Crippen LogP contribution is -2.27. The van der Waals surface area contributed by atoms with Gasteiger partial charge in [0, 0.05) is 11.9 Å². The molecule has 4 heteroatoms. The molecule has 0 N–H and O–H groups in total. The first-order valence-electron chi connectivity index (χ1n) is 3.82. The molecule has 0 aromatic rings. The summed E-state index contributed by atoms with van der Waals surface area (Å²) < 4.78 is 0. The summed E-state index contributed by atoms with van der Waals surface area (Å²) in [4.78, 5) is 19.1. The second-order valence-corrected chi connectivity index (χ2v) is 2.60. The fourth-order valence-electron chi connectivity index (χ4n) is 0.204. The highest BCUT2D eigenvalue weighted by atomic mass is 16.4. The van der Waals surface area contributed by atoms with E-state index in [1.807, 2.05) is 0 Å². The Morgan fingerprint density at radius 1 is 1.25 bits per heavy atom. The standard InChI is InChI=1S/2C4H8O2/c1-3(2)4(5)6;1-2-3-4(5)6/h3H,1-2H3,(H,5,6);2-3H2,1H3,(H,5,6)/p-2. The van der Waals surface area contributed by atoms with Crippen LogP contribution in [0.15, 0.2) is 0 Å². The molecule has 0 radical (unpaired) electrons. The number of carboxylic acids is 2. The molecule has 0 saturated heterocycles. The molecule has 4 nitrogen and oxygen atoms in total. The molecule has 0 atom stereocenters. The molecule has 0 aromatic heterocycles. The minimum absolute atomic E-state index is 0.181. The highest BCUT2D eigenvalue weighted by molar-refractivity contribution is 5.66. The highest BCUT2D eigenvalue weighted by Crippen LogP contribution is 1.84. The maximum absolute atomic E-state index is 9.59. The first-order chi connectivity index (χ1) is 5.41. The number of carbonyl (C=O) groups excluding carboxylic acids is 2. The van der Waals surface area contributed by atoms with E-state index in [0.717, 1.165) is 0 Å². The molecule has 0 heterocycles. The molecule has 0 aliphatic heterocycles. The van der Waals surface area contributed by atoms with Gasteiger partial charge in [0.1, 0.15) is 0 Å². The molecule has 0 aliphatic rings. The van der Waals surface area contributed by atoms with Crippen LogP contribution in [0.4, 0.5) is 0 Å². The van der Waals surface area contributed by atoms with Crippen LogP contribution in [0.2, 0.25) is 0 Å². The number of carboxylic acid groups (broad SMARTS) is 2. The highest BCUT2D eigenvalue weighted by Gasteiger charge is 1.87. The summed E-state index contributed by atoms with van der Waals surface area (Å²) in [5, 5.41) is 19.1. The Morgan fingerprint density at radius 3 is 1.58 bits per heavy atom. The number of aliphatic carboxylic acids is 2. The third-order valence-corrected chi connectivity index (χ3v) is 0.926. The Kier molecular flexibility index (Phi) is 9.06. The third-order valence-electron chi connectivity index (χ3n) is 0.926. The Labute approximate surface area is 72.2 Å². The van der Waals surface area contributed by atoms with Gasteiger partial charge in [-0.15, -0.1) is 0 Å². The average Bonchev–Trinajstić information content (AvgIpc) is 1.87. The van der Waals surface area contributed by atoms with Crippen molar-refractivity contribution in [3.8, 4) is 0 Å². The van der Waals surface area contributed by atoms with Crippen molar-refractivity contribution in [2.45, 2.75) is 33.6 Å². The molecule has 0 bridgehead atoms. The molecule has 0 aliphatic carbocycles. The van der Waals surface area contributed by atoms with E-state index in [0.29, 0.717) is 6.42 Å². The molecule has 0 spiro atoms. The van der Waals surface area contributed by atoms with Gasteiger partial charge < -0.3 is 19.8 Å². The number of hydrogen-bond acceptors (Lipinski definition) is 4. The molecule has 0 aromatic carbocycles. The zero-order valence-corrected chi connectivity index (χ0v) is 7.62.